The van der Waals surface area contributed by atoms with E-state index in [1.54, 1.807) is 23.4 Å². The minimum Gasteiger partial charge on any atom is -0.392 e. The molecule has 1 aliphatic carbocycles. The maximum Gasteiger partial charge on any atom is 0.274 e. The molecule has 0 bridgehead atoms. The molecule has 4 heterocycles. The smallest absolute Gasteiger partial charge is 0.274 e. The first-order valence-corrected chi connectivity index (χ1v) is 11.9. The Bertz CT molecular complexity index is 1510. The summed E-state index contributed by atoms with van der Waals surface area (Å²) in [5.41, 5.74) is 3.87. The Morgan fingerprint density at radius 3 is 2.82 bits per heavy atom. The third-order valence-corrected chi connectivity index (χ3v) is 7.34. The molecule has 6 rings (SSSR count). The minimum atomic E-state index is -0.463. The topological polar surface area (TPSA) is 104 Å². The summed E-state index contributed by atoms with van der Waals surface area (Å²) < 4.78 is 2.74. The van der Waals surface area contributed by atoms with Crippen LogP contribution in [0.4, 0.5) is 5.82 Å². The highest BCUT2D eigenvalue weighted by molar-refractivity contribution is 9.10. The second-order valence-corrected chi connectivity index (χ2v) is 9.84. The van der Waals surface area contributed by atoms with Crippen molar-refractivity contribution in [3.05, 3.63) is 67.9 Å². The molecule has 8 nitrogen and oxygen atoms in total. The predicted octanol–water partition coefficient (Wildman–Crippen LogP) is 3.47. The molecule has 9 heteroatoms. The molecular formula is C24H22BrN5O3. The van der Waals surface area contributed by atoms with Gasteiger partial charge in [-0.3, -0.25) is 18.9 Å². The van der Waals surface area contributed by atoms with Gasteiger partial charge in [-0.25, -0.2) is 9.97 Å². The van der Waals surface area contributed by atoms with E-state index in [2.05, 4.69) is 30.9 Å². The van der Waals surface area contributed by atoms with E-state index in [9.17, 15) is 14.7 Å². The number of halogens is 1. The third kappa shape index (κ3) is 3.13. The van der Waals surface area contributed by atoms with E-state index in [4.69, 9.17) is 0 Å². The lowest BCUT2D eigenvalue weighted by atomic mass is 10.0. The van der Waals surface area contributed by atoms with Gasteiger partial charge in [0.15, 0.2) is 0 Å². The molecule has 1 aromatic carbocycles. The number of imidazole rings is 1. The summed E-state index contributed by atoms with van der Waals surface area (Å²) in [4.78, 5) is 39.9. The fraction of sp³-hybridized carbons (Fsp3) is 0.333. The molecule has 1 fully saturated rings. The van der Waals surface area contributed by atoms with E-state index >= 15 is 0 Å². The lowest BCUT2D eigenvalue weighted by molar-refractivity contribution is 0.0988. The summed E-state index contributed by atoms with van der Waals surface area (Å²) >= 11 is 3.44. The van der Waals surface area contributed by atoms with E-state index in [-0.39, 0.29) is 17.4 Å². The fourth-order valence-corrected chi connectivity index (χ4v) is 5.64. The second-order valence-electron chi connectivity index (χ2n) is 8.92. The van der Waals surface area contributed by atoms with E-state index in [0.717, 1.165) is 46.8 Å². The van der Waals surface area contributed by atoms with Crippen molar-refractivity contribution < 1.29 is 9.90 Å². The molecule has 1 amide bonds. The van der Waals surface area contributed by atoms with E-state index in [1.165, 1.54) is 0 Å². The highest BCUT2D eigenvalue weighted by Gasteiger charge is 2.32. The standard InChI is InChI=1S/C24H22BrN5O3/c1-12-7-18-17(9-16(12)24(33)29-6-5-13-8-14(25)10-26-21(13)29)28-23(32)19-11-27-22(30(18)19)15-3-2-4-20(15)31/h7-11,15,20,31H,2-6H2,1H3,(H,28,32)/t15-,20-/m0/s1. The number of aliphatic hydroxyl groups is 1. The number of aromatic nitrogens is 4. The number of anilines is 1. The number of amides is 1. The average molecular weight is 508 g/mol. The van der Waals surface area contributed by atoms with Gasteiger partial charge in [0.05, 0.1) is 23.3 Å². The summed E-state index contributed by atoms with van der Waals surface area (Å²) in [7, 11) is 0. The number of carbonyl (C=O) groups is 1. The second kappa shape index (κ2) is 7.50. The molecule has 0 spiro atoms. The first-order chi connectivity index (χ1) is 15.9. The van der Waals surface area contributed by atoms with Crippen LogP contribution in [0.3, 0.4) is 0 Å². The molecule has 0 saturated heterocycles. The zero-order valence-corrected chi connectivity index (χ0v) is 19.6. The molecule has 4 aromatic rings. The van der Waals surface area contributed by atoms with E-state index in [1.807, 2.05) is 23.5 Å². The molecule has 1 aliphatic heterocycles. The zero-order valence-electron chi connectivity index (χ0n) is 18.0. The number of carbonyl (C=O) groups excluding carboxylic acids is 1. The number of aromatic amines is 1. The Kier molecular flexibility index (Phi) is 4.67. The number of aryl methyl sites for hydroxylation is 1. The van der Waals surface area contributed by atoms with Gasteiger partial charge in [-0.15, -0.1) is 0 Å². The Morgan fingerprint density at radius 2 is 2.03 bits per heavy atom. The number of nitrogens with zero attached hydrogens (tertiary/aromatic N) is 4. The first-order valence-electron chi connectivity index (χ1n) is 11.1. The summed E-state index contributed by atoms with van der Waals surface area (Å²) in [6.45, 7) is 2.46. The van der Waals surface area contributed by atoms with Crippen LogP contribution < -0.4 is 10.5 Å². The van der Waals surface area contributed by atoms with Crippen molar-refractivity contribution in [2.75, 3.05) is 11.4 Å². The van der Waals surface area contributed by atoms with Crippen LogP contribution >= 0.6 is 15.9 Å². The van der Waals surface area contributed by atoms with Gasteiger partial charge in [-0.1, -0.05) is 6.42 Å². The first kappa shape index (κ1) is 20.6. The zero-order chi connectivity index (χ0) is 22.9. The molecule has 2 aliphatic rings. The number of aliphatic hydroxyl groups excluding tert-OH is 1. The van der Waals surface area contributed by atoms with Crippen LogP contribution in [0.2, 0.25) is 0 Å². The quantitative estimate of drug-likeness (QED) is 0.432. The predicted molar refractivity (Wildman–Crippen MR) is 128 cm³/mol. The van der Waals surface area contributed by atoms with Gasteiger partial charge in [0.1, 0.15) is 17.2 Å². The van der Waals surface area contributed by atoms with Crippen molar-refractivity contribution in [1.29, 1.82) is 0 Å². The minimum absolute atomic E-state index is 0.106. The van der Waals surface area contributed by atoms with Gasteiger partial charge in [0.2, 0.25) is 0 Å². The molecule has 33 heavy (non-hydrogen) atoms. The van der Waals surface area contributed by atoms with Crippen LogP contribution in [-0.2, 0) is 6.42 Å². The molecule has 0 radical (unpaired) electrons. The van der Waals surface area contributed by atoms with Crippen molar-refractivity contribution in [1.82, 2.24) is 19.4 Å². The van der Waals surface area contributed by atoms with Crippen LogP contribution in [-0.4, -0.2) is 43.0 Å². The normalized spacial score (nSPS) is 20.2. The van der Waals surface area contributed by atoms with Gasteiger partial charge in [-0.05, 0) is 71.4 Å². The van der Waals surface area contributed by atoms with Crippen molar-refractivity contribution in [3.63, 3.8) is 0 Å². The van der Waals surface area contributed by atoms with Crippen LogP contribution in [0.15, 0.2) is 39.9 Å². The Balaban J connectivity index is 1.49. The number of pyridine rings is 1. The Morgan fingerprint density at radius 1 is 1.18 bits per heavy atom. The highest BCUT2D eigenvalue weighted by Crippen LogP contribution is 2.35. The van der Waals surface area contributed by atoms with Crippen LogP contribution in [0, 0.1) is 6.92 Å². The number of hydrogen-bond donors (Lipinski definition) is 2. The van der Waals surface area contributed by atoms with Crippen molar-refractivity contribution in [3.8, 4) is 0 Å². The molecular weight excluding hydrogens is 486 g/mol. The largest absolute Gasteiger partial charge is 0.392 e. The lowest BCUT2D eigenvalue weighted by Crippen LogP contribution is -2.30. The molecule has 1 saturated carbocycles. The average Bonchev–Trinajstić information content (AvgIpc) is 3.51. The SMILES string of the molecule is Cc1cc2c(cc1C(=O)N1CCc3cc(Br)cnc31)[nH]c(=O)c1cnc([C@H]3CCC[C@@H]3O)n12. The van der Waals surface area contributed by atoms with Crippen molar-refractivity contribution in [2.24, 2.45) is 0 Å². The number of benzene rings is 1. The highest BCUT2D eigenvalue weighted by atomic mass is 79.9. The number of H-pyrrole nitrogens is 1. The number of hydrogen-bond acceptors (Lipinski definition) is 5. The summed E-state index contributed by atoms with van der Waals surface area (Å²) in [5, 5.41) is 10.5. The van der Waals surface area contributed by atoms with Crippen molar-refractivity contribution in [2.45, 2.75) is 44.6 Å². The summed E-state index contributed by atoms with van der Waals surface area (Å²) in [6, 6.07) is 5.67. The van der Waals surface area contributed by atoms with Gasteiger partial charge < -0.3 is 10.1 Å². The Labute approximate surface area is 197 Å². The summed E-state index contributed by atoms with van der Waals surface area (Å²) in [5.74, 6) is 1.14. The van der Waals surface area contributed by atoms with Crippen LogP contribution in [0.25, 0.3) is 16.6 Å². The molecule has 2 N–H and O–H groups in total. The maximum absolute atomic E-state index is 13.5. The van der Waals surface area contributed by atoms with E-state index < -0.39 is 6.10 Å². The third-order valence-electron chi connectivity index (χ3n) is 6.91. The maximum atomic E-state index is 13.5. The summed E-state index contributed by atoms with van der Waals surface area (Å²) in [6.07, 6.45) is 6.06. The van der Waals surface area contributed by atoms with Gasteiger partial charge in [0, 0.05) is 28.7 Å². The number of fused-ring (bicyclic) bond motifs is 4. The fourth-order valence-electron chi connectivity index (χ4n) is 5.26. The molecule has 2 atom stereocenters. The monoisotopic (exact) mass is 507 g/mol. The molecule has 0 unspecified atom stereocenters. The van der Waals surface area contributed by atoms with Gasteiger partial charge in [-0.2, -0.15) is 0 Å². The van der Waals surface area contributed by atoms with Crippen LogP contribution in [0.5, 0.6) is 0 Å². The van der Waals surface area contributed by atoms with Crippen molar-refractivity contribution >= 4 is 44.2 Å². The molecule has 3 aromatic heterocycles. The number of nitrogens with one attached hydrogen (secondary N) is 1. The van der Waals surface area contributed by atoms with Gasteiger partial charge >= 0.3 is 0 Å². The van der Waals surface area contributed by atoms with E-state index in [0.29, 0.717) is 34.8 Å². The molecule has 168 valence electrons. The number of rotatable bonds is 2. The van der Waals surface area contributed by atoms with Crippen LogP contribution in [0.1, 0.15) is 52.5 Å². The lowest BCUT2D eigenvalue weighted by Gasteiger charge is -2.19. The van der Waals surface area contributed by atoms with Gasteiger partial charge in [0.25, 0.3) is 11.5 Å². The Hall–Kier alpha value is -3.04.